The summed E-state index contributed by atoms with van der Waals surface area (Å²) in [5.74, 6) is 0.644. The maximum absolute atomic E-state index is 8.63. The number of rotatable bonds is 0. The zero-order valence-electron chi connectivity index (χ0n) is 20.8. The van der Waals surface area contributed by atoms with Crippen LogP contribution in [0.1, 0.15) is 13.8 Å². The fourth-order valence-electron chi connectivity index (χ4n) is 3.00. The van der Waals surface area contributed by atoms with Crippen molar-refractivity contribution < 1.29 is 34.4 Å². The van der Waals surface area contributed by atoms with Gasteiger partial charge in [-0.25, -0.2) is 0 Å². The van der Waals surface area contributed by atoms with Crippen LogP contribution in [-0.2, 0) is 24.2 Å². The standard InChI is InChI=1S/2C9H7.2C6H6O.C3H6.Zr/c2*1-2-5-9-7-3-6-8(9)4-1;2*7-6-4-2-1-3-5-6;1-3-2;/h2*1-7H;2*1-5,7H;1-2H3;/q2*-1;;;;+2. The average Bonchev–Trinajstić information content (AvgIpc) is 3.56. The Kier molecular flexibility index (Phi) is 13.5. The Hall–Kier alpha value is -3.55. The first kappa shape index (κ1) is 28.7. The van der Waals surface area contributed by atoms with E-state index in [-0.39, 0.29) is 0 Å². The summed E-state index contributed by atoms with van der Waals surface area (Å²) in [6, 6.07) is 46.8. The van der Waals surface area contributed by atoms with Crippen molar-refractivity contribution in [1.29, 1.82) is 0 Å². The van der Waals surface area contributed by atoms with Gasteiger partial charge < -0.3 is 10.2 Å². The third-order valence-electron chi connectivity index (χ3n) is 4.61. The van der Waals surface area contributed by atoms with Gasteiger partial charge in [-0.3, -0.25) is 0 Å². The van der Waals surface area contributed by atoms with E-state index in [2.05, 4.69) is 98.8 Å². The molecule has 0 saturated carbocycles. The summed E-state index contributed by atoms with van der Waals surface area (Å²) in [6.45, 7) is 4.25. The molecule has 36 heavy (non-hydrogen) atoms. The van der Waals surface area contributed by atoms with E-state index in [4.69, 9.17) is 10.2 Å². The molecular formula is C33H32O2Zr. The largest absolute Gasteiger partial charge is 0.508 e. The first-order valence-corrected chi connectivity index (χ1v) is 12.9. The van der Waals surface area contributed by atoms with Crippen molar-refractivity contribution in [3.63, 3.8) is 0 Å². The molecule has 0 saturated heterocycles. The van der Waals surface area contributed by atoms with Crippen molar-refractivity contribution in [2.75, 3.05) is 0 Å². The van der Waals surface area contributed by atoms with Crippen molar-refractivity contribution >= 4 is 24.8 Å². The molecule has 6 aromatic rings. The molecular weight excluding hydrogens is 520 g/mol. The maximum atomic E-state index is 8.63. The summed E-state index contributed by atoms with van der Waals surface area (Å²) in [5, 5.41) is 22.6. The number of aromatic hydroxyl groups is 2. The van der Waals surface area contributed by atoms with Crippen molar-refractivity contribution in [2.45, 2.75) is 13.8 Å². The molecule has 0 spiro atoms. The summed E-state index contributed by atoms with van der Waals surface area (Å²) in [7, 11) is 0. The molecule has 0 unspecified atom stereocenters. The molecule has 0 bridgehead atoms. The number of fused-ring (bicyclic) bond motifs is 2. The molecule has 6 aromatic carbocycles. The number of para-hydroxylation sites is 2. The van der Waals surface area contributed by atoms with Gasteiger partial charge in [0.2, 0.25) is 0 Å². The van der Waals surface area contributed by atoms with Gasteiger partial charge in [0.1, 0.15) is 11.5 Å². The van der Waals surface area contributed by atoms with Gasteiger partial charge in [0.25, 0.3) is 0 Å². The van der Waals surface area contributed by atoms with Crippen LogP contribution in [0.15, 0.2) is 146 Å². The summed E-state index contributed by atoms with van der Waals surface area (Å²) < 4.78 is 1.51. The smallest absolute Gasteiger partial charge is 0.115 e. The maximum Gasteiger partial charge on any atom is 0.115 e. The molecule has 0 atom stereocenters. The number of phenolic OH excluding ortho intramolecular Hbond substituents is 2. The molecule has 0 heterocycles. The van der Waals surface area contributed by atoms with Crippen molar-refractivity contribution in [2.24, 2.45) is 0 Å². The summed E-state index contributed by atoms with van der Waals surface area (Å²) in [6.07, 6.45) is 0. The first-order valence-electron chi connectivity index (χ1n) is 11.7. The predicted molar refractivity (Wildman–Crippen MR) is 152 cm³/mol. The number of hydrogen-bond acceptors (Lipinski definition) is 2. The molecule has 0 aliphatic heterocycles. The molecule has 0 amide bonds. The minimum Gasteiger partial charge on any atom is -0.508 e. The van der Waals surface area contributed by atoms with Crippen LogP contribution < -0.4 is 0 Å². The Morgan fingerprint density at radius 1 is 0.500 bits per heavy atom. The molecule has 180 valence electrons. The van der Waals surface area contributed by atoms with E-state index in [0.717, 1.165) is 0 Å². The molecule has 0 radical (unpaired) electrons. The minimum absolute atomic E-state index is 0.322. The van der Waals surface area contributed by atoms with Crippen LogP contribution in [0.4, 0.5) is 0 Å². The van der Waals surface area contributed by atoms with E-state index in [0.29, 0.717) is 11.5 Å². The molecule has 0 aliphatic carbocycles. The summed E-state index contributed by atoms with van der Waals surface area (Å²) >= 11 is 1.55. The van der Waals surface area contributed by atoms with Crippen LogP contribution in [0.5, 0.6) is 11.5 Å². The van der Waals surface area contributed by atoms with E-state index < -0.39 is 0 Å². The summed E-state index contributed by atoms with van der Waals surface area (Å²) in [4.78, 5) is 0. The van der Waals surface area contributed by atoms with E-state index in [1.165, 1.54) is 24.8 Å². The van der Waals surface area contributed by atoms with Crippen molar-refractivity contribution in [3.05, 3.63) is 146 Å². The van der Waals surface area contributed by atoms with Crippen molar-refractivity contribution in [3.8, 4) is 11.5 Å². The Labute approximate surface area is 229 Å². The third kappa shape index (κ3) is 12.2. The Morgan fingerprint density at radius 2 is 0.806 bits per heavy atom. The van der Waals surface area contributed by atoms with Gasteiger partial charge in [0.15, 0.2) is 0 Å². The van der Waals surface area contributed by atoms with Gasteiger partial charge >= 0.3 is 41.3 Å². The van der Waals surface area contributed by atoms with Gasteiger partial charge in [-0.05, 0) is 24.3 Å². The molecule has 2 nitrogen and oxygen atoms in total. The Morgan fingerprint density at radius 3 is 1.08 bits per heavy atom. The minimum atomic E-state index is 0.322. The Bertz CT molecular complexity index is 1210. The van der Waals surface area contributed by atoms with E-state index in [1.807, 2.05) is 12.1 Å². The molecule has 6 rings (SSSR count). The van der Waals surface area contributed by atoms with Gasteiger partial charge in [-0.2, -0.15) is 35.0 Å². The van der Waals surface area contributed by atoms with E-state index in [1.54, 1.807) is 72.8 Å². The second-order valence-corrected chi connectivity index (χ2v) is 10.4. The first-order chi connectivity index (χ1) is 17.5. The van der Waals surface area contributed by atoms with Crippen LogP contribution in [0, 0.1) is 0 Å². The zero-order valence-corrected chi connectivity index (χ0v) is 23.2. The van der Waals surface area contributed by atoms with Crippen molar-refractivity contribution in [1.82, 2.24) is 0 Å². The number of phenols is 2. The van der Waals surface area contributed by atoms with E-state index in [9.17, 15) is 0 Å². The second-order valence-electron chi connectivity index (χ2n) is 7.98. The van der Waals surface area contributed by atoms with Crippen LogP contribution in [0.2, 0.25) is 0 Å². The topological polar surface area (TPSA) is 40.5 Å². The zero-order chi connectivity index (χ0) is 26.0. The SMILES string of the molecule is C[C](C)=[Zr+2].Oc1ccccc1.Oc1ccccc1.c1ccc2[cH-]ccc2c1.c1ccc2[cH-]ccc2c1. The normalized spacial score (nSPS) is 9.22. The molecule has 3 heteroatoms. The van der Waals surface area contributed by atoms with Crippen LogP contribution in [0.3, 0.4) is 0 Å². The predicted octanol–water partition coefficient (Wildman–Crippen LogP) is 8.65. The van der Waals surface area contributed by atoms with Gasteiger partial charge in [0, 0.05) is 0 Å². The monoisotopic (exact) mass is 550 g/mol. The van der Waals surface area contributed by atoms with Crippen LogP contribution >= 0.6 is 0 Å². The fraction of sp³-hybridized carbons (Fsp3) is 0.0606. The molecule has 0 aromatic heterocycles. The van der Waals surface area contributed by atoms with Crippen LogP contribution in [0.25, 0.3) is 21.5 Å². The summed E-state index contributed by atoms with van der Waals surface area (Å²) in [5.41, 5.74) is 0. The number of benzene rings is 4. The van der Waals surface area contributed by atoms with Crippen LogP contribution in [-0.4, -0.2) is 13.4 Å². The molecule has 0 aliphatic rings. The second kappa shape index (κ2) is 17.0. The molecule has 2 N–H and O–H groups in total. The average molecular weight is 552 g/mol. The van der Waals surface area contributed by atoms with Gasteiger partial charge in [0.05, 0.1) is 0 Å². The Balaban J connectivity index is 0.000000162. The van der Waals surface area contributed by atoms with Gasteiger partial charge in [-0.1, -0.05) is 48.5 Å². The number of hydrogen-bond donors (Lipinski definition) is 2. The quantitative estimate of drug-likeness (QED) is 0.185. The van der Waals surface area contributed by atoms with E-state index >= 15 is 0 Å². The fourth-order valence-corrected chi connectivity index (χ4v) is 3.00. The third-order valence-corrected chi connectivity index (χ3v) is 4.61. The van der Waals surface area contributed by atoms with Gasteiger partial charge in [-0.15, -0.1) is 59.3 Å². The molecule has 0 fully saturated rings.